The molecule has 3 rings (SSSR count). The zero-order valence-electron chi connectivity index (χ0n) is 12.6. The largest absolute Gasteiger partial charge is 0.393 e. The molecule has 6 heteroatoms. The van der Waals surface area contributed by atoms with Crippen LogP contribution in [0.4, 0.5) is 5.69 Å². The van der Waals surface area contributed by atoms with Crippen molar-refractivity contribution >= 4 is 22.9 Å². The Bertz CT molecular complexity index is 647. The molecule has 1 saturated carbocycles. The van der Waals surface area contributed by atoms with Gasteiger partial charge in [-0.3, -0.25) is 0 Å². The van der Waals surface area contributed by atoms with E-state index in [1.54, 1.807) is 0 Å². The van der Waals surface area contributed by atoms with Gasteiger partial charge in [0.15, 0.2) is 0 Å². The number of nitrogens with zero attached hydrogens (tertiary/aromatic N) is 1. The standard InChI is InChI=1S/C15H21N3O.CO2/c1-2-10-9-17-15-13(6-7-16-15)14(10)18-11-4-3-5-12(19)8-11;2-1-3/h6-7,9,11-12,19H,2-5,8H2,1H3,(H2,16,17,18);/t11-,12+;/m0./s1. The highest BCUT2D eigenvalue weighted by atomic mass is 16.3. The van der Waals surface area contributed by atoms with Crippen molar-refractivity contribution in [2.45, 2.75) is 51.2 Å². The Morgan fingerprint density at radius 3 is 2.91 bits per heavy atom. The van der Waals surface area contributed by atoms with Crippen molar-refractivity contribution in [3.8, 4) is 0 Å². The maximum absolute atomic E-state index is 9.80. The molecule has 118 valence electrons. The number of carbonyl (C=O) groups excluding carboxylic acids is 2. The molecular weight excluding hydrogens is 282 g/mol. The minimum atomic E-state index is -0.153. The lowest BCUT2D eigenvalue weighted by molar-refractivity contribution is -0.191. The van der Waals surface area contributed by atoms with Gasteiger partial charge in [-0.1, -0.05) is 6.92 Å². The molecule has 0 amide bonds. The Labute approximate surface area is 128 Å². The summed E-state index contributed by atoms with van der Waals surface area (Å²) in [6.45, 7) is 2.15. The molecule has 1 aliphatic rings. The average Bonchev–Trinajstić information content (AvgIpc) is 2.97. The van der Waals surface area contributed by atoms with E-state index in [0.717, 1.165) is 43.1 Å². The normalized spacial score (nSPS) is 20.8. The number of aryl methyl sites for hydroxylation is 1. The summed E-state index contributed by atoms with van der Waals surface area (Å²) >= 11 is 0. The number of aromatic amines is 1. The van der Waals surface area contributed by atoms with Gasteiger partial charge in [0.2, 0.25) is 0 Å². The minimum absolute atomic E-state index is 0.153. The number of hydrogen-bond acceptors (Lipinski definition) is 5. The van der Waals surface area contributed by atoms with E-state index in [2.05, 4.69) is 28.3 Å². The molecule has 2 aromatic heterocycles. The van der Waals surface area contributed by atoms with E-state index in [9.17, 15) is 5.11 Å². The Kier molecular flexibility index (Phi) is 5.69. The molecule has 0 aliphatic heterocycles. The number of aliphatic hydroxyl groups excluding tert-OH is 1. The van der Waals surface area contributed by atoms with Crippen LogP contribution in [0.3, 0.4) is 0 Å². The van der Waals surface area contributed by atoms with Gasteiger partial charge in [-0.2, -0.15) is 9.59 Å². The lowest BCUT2D eigenvalue weighted by Crippen LogP contribution is -2.30. The molecule has 22 heavy (non-hydrogen) atoms. The molecule has 0 spiro atoms. The molecule has 2 aromatic rings. The summed E-state index contributed by atoms with van der Waals surface area (Å²) in [6, 6.07) is 2.44. The van der Waals surface area contributed by atoms with Crippen LogP contribution in [0.1, 0.15) is 38.2 Å². The van der Waals surface area contributed by atoms with E-state index in [1.807, 2.05) is 12.4 Å². The summed E-state index contributed by atoms with van der Waals surface area (Å²) in [4.78, 5) is 23.8. The highest BCUT2D eigenvalue weighted by molar-refractivity contribution is 5.91. The van der Waals surface area contributed by atoms with Gasteiger partial charge >= 0.3 is 6.15 Å². The SMILES string of the molecule is CCc1cnc2[nH]ccc2c1N[C@H]1CCC[C@@H](O)C1.O=C=O. The van der Waals surface area contributed by atoms with E-state index < -0.39 is 0 Å². The quantitative estimate of drug-likeness (QED) is 0.808. The number of anilines is 1. The first-order chi connectivity index (χ1) is 10.7. The molecule has 0 saturated heterocycles. The Balaban J connectivity index is 0.000000545. The van der Waals surface area contributed by atoms with E-state index in [-0.39, 0.29) is 12.3 Å². The minimum Gasteiger partial charge on any atom is -0.393 e. The van der Waals surface area contributed by atoms with Crippen molar-refractivity contribution in [1.82, 2.24) is 9.97 Å². The van der Waals surface area contributed by atoms with Gasteiger partial charge in [0.05, 0.1) is 11.8 Å². The molecule has 1 fully saturated rings. The Morgan fingerprint density at radius 2 is 2.23 bits per heavy atom. The second kappa shape index (κ2) is 7.73. The lowest BCUT2D eigenvalue weighted by atomic mass is 9.92. The summed E-state index contributed by atoms with van der Waals surface area (Å²) in [5.41, 5.74) is 3.36. The van der Waals surface area contributed by atoms with Crippen molar-refractivity contribution in [3.63, 3.8) is 0 Å². The number of aliphatic hydroxyl groups is 1. The fourth-order valence-electron chi connectivity index (χ4n) is 2.99. The number of nitrogens with one attached hydrogen (secondary N) is 2. The number of aromatic nitrogens is 2. The molecule has 1 aliphatic carbocycles. The summed E-state index contributed by atoms with van der Waals surface area (Å²) in [5.74, 6) is 0. The highest BCUT2D eigenvalue weighted by Gasteiger charge is 2.21. The number of pyridine rings is 1. The van der Waals surface area contributed by atoms with Gasteiger partial charge < -0.3 is 15.4 Å². The van der Waals surface area contributed by atoms with Gasteiger partial charge in [-0.25, -0.2) is 4.98 Å². The van der Waals surface area contributed by atoms with Gasteiger partial charge in [-0.15, -0.1) is 0 Å². The van der Waals surface area contributed by atoms with Crippen molar-refractivity contribution < 1.29 is 14.7 Å². The van der Waals surface area contributed by atoms with E-state index in [1.165, 1.54) is 11.3 Å². The Hall–Kier alpha value is -2.17. The summed E-state index contributed by atoms with van der Waals surface area (Å²) < 4.78 is 0. The van der Waals surface area contributed by atoms with Crippen molar-refractivity contribution in [1.29, 1.82) is 0 Å². The molecule has 0 radical (unpaired) electrons. The lowest BCUT2D eigenvalue weighted by Gasteiger charge is -2.28. The second-order valence-corrected chi connectivity index (χ2v) is 5.50. The van der Waals surface area contributed by atoms with Gasteiger partial charge in [-0.05, 0) is 43.7 Å². The van der Waals surface area contributed by atoms with Crippen LogP contribution in [-0.4, -0.2) is 33.4 Å². The van der Waals surface area contributed by atoms with Crippen LogP contribution in [0.25, 0.3) is 11.0 Å². The fourth-order valence-corrected chi connectivity index (χ4v) is 2.99. The first-order valence-electron chi connectivity index (χ1n) is 7.58. The second-order valence-electron chi connectivity index (χ2n) is 5.50. The maximum atomic E-state index is 9.80. The predicted octanol–water partition coefficient (Wildman–Crippen LogP) is 2.26. The third-order valence-corrected chi connectivity index (χ3v) is 4.04. The van der Waals surface area contributed by atoms with E-state index in [4.69, 9.17) is 9.59 Å². The van der Waals surface area contributed by atoms with E-state index >= 15 is 0 Å². The van der Waals surface area contributed by atoms with Crippen LogP contribution < -0.4 is 5.32 Å². The maximum Gasteiger partial charge on any atom is 0.373 e. The van der Waals surface area contributed by atoms with Gasteiger partial charge in [0.1, 0.15) is 5.65 Å². The van der Waals surface area contributed by atoms with Crippen LogP contribution in [0.15, 0.2) is 18.5 Å². The van der Waals surface area contributed by atoms with Crippen LogP contribution in [-0.2, 0) is 16.0 Å². The topological polar surface area (TPSA) is 95.1 Å². The fraction of sp³-hybridized carbons (Fsp3) is 0.500. The molecule has 2 atom stereocenters. The predicted molar refractivity (Wildman–Crippen MR) is 82.4 cm³/mol. The van der Waals surface area contributed by atoms with Crippen LogP contribution in [0.2, 0.25) is 0 Å². The third kappa shape index (κ3) is 3.72. The van der Waals surface area contributed by atoms with Crippen LogP contribution in [0, 0.1) is 0 Å². The molecule has 6 nitrogen and oxygen atoms in total. The summed E-state index contributed by atoms with van der Waals surface area (Å²) in [6.07, 6.45) is 8.95. The third-order valence-electron chi connectivity index (χ3n) is 4.04. The van der Waals surface area contributed by atoms with Gasteiger partial charge in [0, 0.05) is 23.8 Å². The Morgan fingerprint density at radius 1 is 1.45 bits per heavy atom. The van der Waals surface area contributed by atoms with Gasteiger partial charge in [0.25, 0.3) is 0 Å². The van der Waals surface area contributed by atoms with Crippen molar-refractivity contribution in [2.24, 2.45) is 0 Å². The zero-order chi connectivity index (χ0) is 15.9. The molecule has 2 heterocycles. The highest BCUT2D eigenvalue weighted by Crippen LogP contribution is 2.29. The first-order valence-corrected chi connectivity index (χ1v) is 7.58. The van der Waals surface area contributed by atoms with Crippen LogP contribution >= 0.6 is 0 Å². The smallest absolute Gasteiger partial charge is 0.373 e. The average molecular weight is 303 g/mol. The zero-order valence-corrected chi connectivity index (χ0v) is 12.6. The molecule has 0 bridgehead atoms. The van der Waals surface area contributed by atoms with Crippen LogP contribution in [0.5, 0.6) is 0 Å². The number of fused-ring (bicyclic) bond motifs is 1. The molecule has 3 N–H and O–H groups in total. The summed E-state index contributed by atoms with van der Waals surface area (Å²) in [5, 5.41) is 14.6. The number of rotatable bonds is 3. The van der Waals surface area contributed by atoms with Crippen molar-refractivity contribution in [2.75, 3.05) is 5.32 Å². The number of H-pyrrole nitrogens is 1. The summed E-state index contributed by atoms with van der Waals surface area (Å²) in [7, 11) is 0. The van der Waals surface area contributed by atoms with E-state index in [0.29, 0.717) is 6.04 Å². The molecule has 0 aromatic carbocycles. The monoisotopic (exact) mass is 303 g/mol. The molecular formula is C16H21N3O3. The first kappa shape index (κ1) is 16.2. The van der Waals surface area contributed by atoms with Crippen molar-refractivity contribution in [3.05, 3.63) is 24.0 Å². The molecule has 0 unspecified atom stereocenters. The number of hydrogen-bond donors (Lipinski definition) is 3.